The molecule has 0 aromatic heterocycles. The van der Waals surface area contributed by atoms with E-state index in [1.807, 2.05) is 0 Å². The lowest BCUT2D eigenvalue weighted by Gasteiger charge is -2.45. The highest BCUT2D eigenvalue weighted by Gasteiger charge is 2.33. The van der Waals surface area contributed by atoms with E-state index in [9.17, 15) is 5.11 Å². The van der Waals surface area contributed by atoms with Crippen LogP contribution in [-0.2, 0) is 0 Å². The van der Waals surface area contributed by atoms with Crippen LogP contribution in [0.15, 0.2) is 24.3 Å². The van der Waals surface area contributed by atoms with E-state index in [0.717, 1.165) is 18.3 Å². The number of likely N-dealkylation sites (tertiary alicyclic amines) is 1. The van der Waals surface area contributed by atoms with Gasteiger partial charge in [0.25, 0.3) is 0 Å². The Morgan fingerprint density at radius 1 is 1.21 bits per heavy atom. The van der Waals surface area contributed by atoms with Crippen molar-refractivity contribution in [3.8, 4) is 5.75 Å². The molecule has 1 heterocycles. The van der Waals surface area contributed by atoms with Crippen molar-refractivity contribution in [3.05, 3.63) is 29.8 Å². The molecule has 1 N–H and O–H groups in total. The average Bonchev–Trinajstić information content (AvgIpc) is 2.38. The first-order valence-corrected chi connectivity index (χ1v) is 7.57. The summed E-state index contributed by atoms with van der Waals surface area (Å²) in [5.41, 5.74) is 1.33. The van der Waals surface area contributed by atoms with Gasteiger partial charge in [0.15, 0.2) is 0 Å². The van der Waals surface area contributed by atoms with E-state index in [1.54, 1.807) is 12.1 Å². The van der Waals surface area contributed by atoms with Gasteiger partial charge in [0.2, 0.25) is 0 Å². The fourth-order valence-corrected chi connectivity index (χ4v) is 3.53. The lowest BCUT2D eigenvalue weighted by molar-refractivity contribution is 0.0378. The van der Waals surface area contributed by atoms with Crippen molar-refractivity contribution >= 4 is 0 Å². The summed E-state index contributed by atoms with van der Waals surface area (Å²) in [6.07, 6.45) is 2.46. The molecule has 1 aliphatic rings. The number of phenolic OH excluding ortho intramolecular Hbond substituents is 1. The molecular weight excluding hydrogens is 234 g/mol. The Balaban J connectivity index is 2.22. The maximum atomic E-state index is 9.44. The summed E-state index contributed by atoms with van der Waals surface area (Å²) < 4.78 is 0. The third-order valence-corrected chi connectivity index (χ3v) is 4.71. The average molecular weight is 261 g/mol. The summed E-state index contributed by atoms with van der Waals surface area (Å²) in [4.78, 5) is 2.66. The van der Waals surface area contributed by atoms with Crippen molar-refractivity contribution in [2.24, 2.45) is 11.8 Å². The van der Waals surface area contributed by atoms with Gasteiger partial charge in [-0.05, 0) is 49.3 Å². The number of benzene rings is 1. The molecule has 4 unspecified atom stereocenters. The quantitative estimate of drug-likeness (QED) is 0.881. The summed E-state index contributed by atoms with van der Waals surface area (Å²) >= 11 is 0. The van der Waals surface area contributed by atoms with Crippen LogP contribution in [0, 0.1) is 11.8 Å². The molecule has 0 radical (unpaired) electrons. The highest BCUT2D eigenvalue weighted by atomic mass is 16.3. The number of piperidine rings is 1. The van der Waals surface area contributed by atoms with Gasteiger partial charge in [-0.15, -0.1) is 0 Å². The lowest BCUT2D eigenvalue weighted by atomic mass is 9.84. The van der Waals surface area contributed by atoms with Crippen molar-refractivity contribution in [3.63, 3.8) is 0 Å². The van der Waals surface area contributed by atoms with Gasteiger partial charge in [-0.25, -0.2) is 0 Å². The van der Waals surface area contributed by atoms with Gasteiger partial charge >= 0.3 is 0 Å². The van der Waals surface area contributed by atoms with E-state index < -0.39 is 0 Å². The van der Waals surface area contributed by atoms with E-state index >= 15 is 0 Å². The molecule has 106 valence electrons. The van der Waals surface area contributed by atoms with E-state index in [1.165, 1.54) is 18.5 Å². The molecular formula is C17H27NO. The second kappa shape index (κ2) is 5.96. The highest BCUT2D eigenvalue weighted by molar-refractivity contribution is 5.28. The van der Waals surface area contributed by atoms with E-state index in [0.29, 0.717) is 17.8 Å². The van der Waals surface area contributed by atoms with Crippen LogP contribution in [0.1, 0.15) is 52.1 Å². The number of phenols is 1. The first-order valence-electron chi connectivity index (χ1n) is 7.57. The van der Waals surface area contributed by atoms with E-state index in [-0.39, 0.29) is 0 Å². The molecule has 2 rings (SSSR count). The Kier molecular flexibility index (Phi) is 4.51. The Morgan fingerprint density at radius 2 is 1.84 bits per heavy atom. The van der Waals surface area contributed by atoms with Crippen LogP contribution in [0.25, 0.3) is 0 Å². The zero-order chi connectivity index (χ0) is 14.0. The van der Waals surface area contributed by atoms with Crippen LogP contribution in [0.5, 0.6) is 5.75 Å². The standard InChI is InChI=1S/C17H27NO/c1-5-17(15-6-8-16(19)9-7-15)18-11-12(2)10-13(3)14(18)4/h6-9,12-14,17,19H,5,10-11H2,1-4H3. The summed E-state index contributed by atoms with van der Waals surface area (Å²) in [5, 5.41) is 9.44. The minimum Gasteiger partial charge on any atom is -0.508 e. The minimum absolute atomic E-state index is 0.354. The lowest BCUT2D eigenvalue weighted by Crippen LogP contribution is -2.47. The predicted octanol–water partition coefficient (Wildman–Crippen LogP) is 4.21. The third-order valence-electron chi connectivity index (χ3n) is 4.71. The largest absolute Gasteiger partial charge is 0.508 e. The van der Waals surface area contributed by atoms with Gasteiger partial charge in [-0.2, -0.15) is 0 Å². The SMILES string of the molecule is CCC(c1ccc(O)cc1)N1CC(C)CC(C)C1C. The first-order chi connectivity index (χ1) is 9.02. The third kappa shape index (κ3) is 3.11. The normalized spacial score (nSPS) is 30.2. The molecule has 1 aromatic carbocycles. The number of hydrogen-bond donors (Lipinski definition) is 1. The molecule has 1 aromatic rings. The van der Waals surface area contributed by atoms with Gasteiger partial charge in [0, 0.05) is 18.6 Å². The Labute approximate surface area is 117 Å². The molecule has 1 saturated heterocycles. The topological polar surface area (TPSA) is 23.5 Å². The van der Waals surface area contributed by atoms with Crippen LogP contribution in [0.4, 0.5) is 0 Å². The molecule has 0 spiro atoms. The van der Waals surface area contributed by atoms with Crippen molar-refractivity contribution in [1.29, 1.82) is 0 Å². The number of nitrogens with zero attached hydrogens (tertiary/aromatic N) is 1. The molecule has 0 saturated carbocycles. The van der Waals surface area contributed by atoms with Crippen LogP contribution in [-0.4, -0.2) is 22.6 Å². The molecule has 19 heavy (non-hydrogen) atoms. The fraction of sp³-hybridized carbons (Fsp3) is 0.647. The van der Waals surface area contributed by atoms with Crippen molar-refractivity contribution in [1.82, 2.24) is 4.90 Å². The van der Waals surface area contributed by atoms with Gasteiger partial charge in [0.05, 0.1) is 0 Å². The molecule has 0 amide bonds. The summed E-state index contributed by atoms with van der Waals surface area (Å²) in [5.74, 6) is 1.89. The molecule has 0 aliphatic carbocycles. The van der Waals surface area contributed by atoms with Gasteiger partial charge in [0.1, 0.15) is 5.75 Å². The Morgan fingerprint density at radius 3 is 2.42 bits per heavy atom. The number of rotatable bonds is 3. The Hall–Kier alpha value is -1.02. The molecule has 4 atom stereocenters. The molecule has 2 heteroatoms. The first kappa shape index (κ1) is 14.4. The molecule has 1 fully saturated rings. The monoisotopic (exact) mass is 261 g/mol. The second-order valence-corrected chi connectivity index (χ2v) is 6.27. The molecule has 1 aliphatic heterocycles. The highest BCUT2D eigenvalue weighted by Crippen LogP contribution is 2.35. The Bertz CT molecular complexity index is 400. The number of aromatic hydroxyl groups is 1. The van der Waals surface area contributed by atoms with E-state index in [2.05, 4.69) is 44.7 Å². The van der Waals surface area contributed by atoms with Gasteiger partial charge < -0.3 is 5.11 Å². The van der Waals surface area contributed by atoms with Crippen LogP contribution < -0.4 is 0 Å². The summed E-state index contributed by atoms with van der Waals surface area (Å²) in [7, 11) is 0. The smallest absolute Gasteiger partial charge is 0.115 e. The minimum atomic E-state index is 0.354. The number of hydrogen-bond acceptors (Lipinski definition) is 2. The van der Waals surface area contributed by atoms with Crippen LogP contribution in [0.3, 0.4) is 0 Å². The van der Waals surface area contributed by atoms with Crippen molar-refractivity contribution < 1.29 is 5.11 Å². The van der Waals surface area contributed by atoms with Crippen LogP contribution >= 0.6 is 0 Å². The maximum Gasteiger partial charge on any atom is 0.115 e. The predicted molar refractivity (Wildman–Crippen MR) is 80.3 cm³/mol. The summed E-state index contributed by atoms with van der Waals surface area (Å²) in [6, 6.07) is 8.86. The van der Waals surface area contributed by atoms with Crippen molar-refractivity contribution in [2.45, 2.75) is 52.6 Å². The van der Waals surface area contributed by atoms with Crippen molar-refractivity contribution in [2.75, 3.05) is 6.54 Å². The maximum absolute atomic E-state index is 9.44. The second-order valence-electron chi connectivity index (χ2n) is 6.27. The summed E-state index contributed by atoms with van der Waals surface area (Å²) in [6.45, 7) is 10.5. The zero-order valence-corrected chi connectivity index (χ0v) is 12.6. The van der Waals surface area contributed by atoms with E-state index in [4.69, 9.17) is 0 Å². The van der Waals surface area contributed by atoms with Crippen LogP contribution in [0.2, 0.25) is 0 Å². The molecule has 2 nitrogen and oxygen atoms in total. The van der Waals surface area contributed by atoms with Gasteiger partial charge in [-0.1, -0.05) is 32.9 Å². The zero-order valence-electron chi connectivity index (χ0n) is 12.6. The van der Waals surface area contributed by atoms with Gasteiger partial charge in [-0.3, -0.25) is 4.90 Å². The fourth-order valence-electron chi connectivity index (χ4n) is 3.53. The molecule has 0 bridgehead atoms.